The Bertz CT molecular complexity index is 660. The van der Waals surface area contributed by atoms with Crippen molar-refractivity contribution in [2.75, 3.05) is 20.0 Å². The van der Waals surface area contributed by atoms with Gasteiger partial charge in [0.1, 0.15) is 6.61 Å². The molecular weight excluding hydrogens is 318 g/mol. The van der Waals surface area contributed by atoms with Crippen LogP contribution in [0, 0.1) is 0 Å². The van der Waals surface area contributed by atoms with E-state index in [1.807, 2.05) is 35.8 Å². The minimum absolute atomic E-state index is 0.196. The molecule has 0 radical (unpaired) electrons. The highest BCUT2D eigenvalue weighted by Gasteiger charge is 2.14. The van der Waals surface area contributed by atoms with Crippen LogP contribution in [0.15, 0.2) is 29.4 Å². The molecule has 23 heavy (non-hydrogen) atoms. The summed E-state index contributed by atoms with van der Waals surface area (Å²) in [6, 6.07) is 7.41. The Morgan fingerprint density at radius 3 is 2.61 bits per heavy atom. The van der Waals surface area contributed by atoms with E-state index in [4.69, 9.17) is 9.47 Å². The van der Waals surface area contributed by atoms with Crippen molar-refractivity contribution in [1.29, 1.82) is 0 Å². The number of hydrogen-bond donors (Lipinski definition) is 0. The molecule has 0 amide bonds. The monoisotopic (exact) mass is 337 g/mol. The number of para-hydroxylation sites is 2. The van der Waals surface area contributed by atoms with Gasteiger partial charge < -0.3 is 18.8 Å². The molecule has 0 saturated heterocycles. The van der Waals surface area contributed by atoms with E-state index in [1.165, 1.54) is 18.9 Å². The lowest BCUT2D eigenvalue weighted by Gasteiger charge is -2.11. The molecule has 1 aromatic carbocycles. The molecule has 0 atom stereocenters. The number of rotatable bonds is 8. The number of carbonyl (C=O) groups excluding carboxylic acids is 1. The highest BCUT2D eigenvalue weighted by molar-refractivity contribution is 7.99. The predicted octanol–water partition coefficient (Wildman–Crippen LogP) is 2.15. The average Bonchev–Trinajstić information content (AvgIpc) is 2.99. The van der Waals surface area contributed by atoms with Crippen LogP contribution in [0.1, 0.15) is 12.7 Å². The summed E-state index contributed by atoms with van der Waals surface area (Å²) in [5.41, 5.74) is 0. The molecular formula is C15H19N3O4S. The van der Waals surface area contributed by atoms with Gasteiger partial charge in [-0.15, -0.1) is 10.2 Å². The summed E-state index contributed by atoms with van der Waals surface area (Å²) in [5, 5.41) is 8.90. The van der Waals surface area contributed by atoms with Gasteiger partial charge in [0.25, 0.3) is 0 Å². The molecule has 8 heteroatoms. The molecule has 0 N–H and O–H groups in total. The number of hydrogen-bond acceptors (Lipinski definition) is 7. The van der Waals surface area contributed by atoms with E-state index in [1.54, 1.807) is 7.11 Å². The molecule has 2 aromatic rings. The molecule has 1 heterocycles. The second-order valence-corrected chi connectivity index (χ2v) is 5.39. The van der Waals surface area contributed by atoms with Crippen molar-refractivity contribution in [3.8, 4) is 11.5 Å². The molecule has 0 aliphatic heterocycles. The van der Waals surface area contributed by atoms with Gasteiger partial charge in [0.2, 0.25) is 0 Å². The average molecular weight is 337 g/mol. The number of methoxy groups -OCH3 is 2. The first kappa shape index (κ1) is 17.1. The van der Waals surface area contributed by atoms with E-state index in [0.29, 0.717) is 29.0 Å². The quantitative estimate of drug-likeness (QED) is 0.539. The first-order chi connectivity index (χ1) is 11.2. The maximum atomic E-state index is 11.2. The van der Waals surface area contributed by atoms with Crippen LogP contribution in [-0.4, -0.2) is 40.7 Å². The Labute approximate surface area is 138 Å². The first-order valence-electron chi connectivity index (χ1n) is 7.07. The second-order valence-electron chi connectivity index (χ2n) is 4.45. The Balaban J connectivity index is 2.05. The maximum Gasteiger partial charge on any atom is 0.316 e. The highest BCUT2D eigenvalue weighted by Crippen LogP contribution is 2.27. The summed E-state index contributed by atoms with van der Waals surface area (Å²) in [4.78, 5) is 11.2. The lowest BCUT2D eigenvalue weighted by Crippen LogP contribution is -2.09. The fourth-order valence-corrected chi connectivity index (χ4v) is 2.77. The number of ether oxygens (including phenoxy) is 3. The van der Waals surface area contributed by atoms with E-state index in [-0.39, 0.29) is 18.3 Å². The van der Waals surface area contributed by atoms with Gasteiger partial charge in [0.15, 0.2) is 22.5 Å². The SMILES string of the molecule is CCn1c(COc2ccccc2OC)nnc1SCC(=O)OC. The molecule has 2 rings (SSSR count). The summed E-state index contributed by atoms with van der Waals surface area (Å²) >= 11 is 1.29. The molecule has 0 unspecified atom stereocenters. The third kappa shape index (κ3) is 4.38. The van der Waals surface area contributed by atoms with Gasteiger partial charge in [-0.3, -0.25) is 4.79 Å². The highest BCUT2D eigenvalue weighted by atomic mass is 32.2. The zero-order valence-corrected chi connectivity index (χ0v) is 14.1. The van der Waals surface area contributed by atoms with E-state index in [2.05, 4.69) is 14.9 Å². The Kier molecular flexibility index (Phi) is 6.28. The largest absolute Gasteiger partial charge is 0.493 e. The maximum absolute atomic E-state index is 11.2. The van der Waals surface area contributed by atoms with Gasteiger partial charge in [-0.25, -0.2) is 0 Å². The van der Waals surface area contributed by atoms with Gasteiger partial charge in [0.05, 0.1) is 20.0 Å². The fraction of sp³-hybridized carbons (Fsp3) is 0.400. The van der Waals surface area contributed by atoms with Crippen LogP contribution in [0.25, 0.3) is 0 Å². The standard InChI is InChI=1S/C15H19N3O4S/c1-4-18-13(16-17-15(18)23-10-14(19)21-3)9-22-12-8-6-5-7-11(12)20-2/h5-8H,4,9-10H2,1-3H3. The smallest absolute Gasteiger partial charge is 0.316 e. The summed E-state index contributed by atoms with van der Waals surface area (Å²) in [6.45, 7) is 2.93. The molecule has 0 aliphatic carbocycles. The second kappa shape index (κ2) is 8.42. The normalized spacial score (nSPS) is 10.4. The van der Waals surface area contributed by atoms with Crippen LogP contribution in [0.5, 0.6) is 11.5 Å². The van der Waals surface area contributed by atoms with Crippen molar-refractivity contribution in [2.24, 2.45) is 0 Å². The van der Waals surface area contributed by atoms with Crippen LogP contribution in [-0.2, 0) is 22.7 Å². The molecule has 0 fully saturated rings. The van der Waals surface area contributed by atoms with E-state index >= 15 is 0 Å². The number of carbonyl (C=O) groups is 1. The topological polar surface area (TPSA) is 75.5 Å². The zero-order chi connectivity index (χ0) is 16.7. The summed E-state index contributed by atoms with van der Waals surface area (Å²) in [7, 11) is 2.96. The molecule has 0 bridgehead atoms. The Morgan fingerprint density at radius 2 is 1.96 bits per heavy atom. The Morgan fingerprint density at radius 1 is 1.22 bits per heavy atom. The lowest BCUT2D eigenvalue weighted by atomic mass is 10.3. The van der Waals surface area contributed by atoms with Crippen molar-refractivity contribution in [2.45, 2.75) is 25.2 Å². The third-order valence-corrected chi connectivity index (χ3v) is 4.02. The van der Waals surface area contributed by atoms with Gasteiger partial charge >= 0.3 is 5.97 Å². The van der Waals surface area contributed by atoms with Crippen LogP contribution in [0.3, 0.4) is 0 Å². The predicted molar refractivity (Wildman–Crippen MR) is 85.8 cm³/mol. The van der Waals surface area contributed by atoms with Crippen molar-refractivity contribution < 1.29 is 19.0 Å². The fourth-order valence-electron chi connectivity index (χ4n) is 1.91. The van der Waals surface area contributed by atoms with Crippen molar-refractivity contribution in [3.05, 3.63) is 30.1 Å². The minimum Gasteiger partial charge on any atom is -0.493 e. The molecule has 124 valence electrons. The number of nitrogens with zero attached hydrogens (tertiary/aromatic N) is 3. The molecule has 7 nitrogen and oxygen atoms in total. The number of thioether (sulfide) groups is 1. The van der Waals surface area contributed by atoms with Gasteiger partial charge in [-0.1, -0.05) is 23.9 Å². The molecule has 0 saturated carbocycles. The van der Waals surface area contributed by atoms with Crippen molar-refractivity contribution in [1.82, 2.24) is 14.8 Å². The van der Waals surface area contributed by atoms with E-state index in [0.717, 1.165) is 0 Å². The first-order valence-corrected chi connectivity index (χ1v) is 8.05. The van der Waals surface area contributed by atoms with Crippen molar-refractivity contribution in [3.63, 3.8) is 0 Å². The summed E-state index contributed by atoms with van der Waals surface area (Å²) < 4.78 is 17.6. The van der Waals surface area contributed by atoms with Crippen LogP contribution in [0.2, 0.25) is 0 Å². The van der Waals surface area contributed by atoms with Crippen LogP contribution >= 0.6 is 11.8 Å². The number of aromatic nitrogens is 3. The number of esters is 1. The zero-order valence-electron chi connectivity index (χ0n) is 13.3. The van der Waals surface area contributed by atoms with Gasteiger partial charge in [-0.05, 0) is 19.1 Å². The Hall–Kier alpha value is -2.22. The van der Waals surface area contributed by atoms with Crippen molar-refractivity contribution >= 4 is 17.7 Å². The van der Waals surface area contributed by atoms with E-state index in [9.17, 15) is 4.79 Å². The molecule has 0 spiro atoms. The van der Waals surface area contributed by atoms with E-state index < -0.39 is 0 Å². The molecule has 0 aliphatic rings. The number of benzene rings is 1. The van der Waals surface area contributed by atoms with Crippen LogP contribution < -0.4 is 9.47 Å². The van der Waals surface area contributed by atoms with Crippen LogP contribution in [0.4, 0.5) is 0 Å². The summed E-state index contributed by atoms with van der Waals surface area (Å²) in [5.74, 6) is 1.89. The minimum atomic E-state index is -0.299. The molecule has 1 aromatic heterocycles. The third-order valence-electron chi connectivity index (χ3n) is 3.08. The lowest BCUT2D eigenvalue weighted by molar-refractivity contribution is -0.137. The van der Waals surface area contributed by atoms with Gasteiger partial charge in [-0.2, -0.15) is 0 Å². The van der Waals surface area contributed by atoms with Gasteiger partial charge in [0, 0.05) is 6.54 Å². The summed E-state index contributed by atoms with van der Waals surface area (Å²) in [6.07, 6.45) is 0.